The van der Waals surface area contributed by atoms with Gasteiger partial charge in [0.1, 0.15) is 0 Å². The summed E-state index contributed by atoms with van der Waals surface area (Å²) in [5, 5.41) is 4.97. The van der Waals surface area contributed by atoms with Crippen molar-refractivity contribution in [2.45, 2.75) is 49.1 Å². The van der Waals surface area contributed by atoms with E-state index >= 15 is 0 Å². The van der Waals surface area contributed by atoms with Crippen molar-refractivity contribution < 1.29 is 0 Å². The molecule has 88 valence electrons. The average Bonchev–Trinajstić information content (AvgIpc) is 2.32. The van der Waals surface area contributed by atoms with Gasteiger partial charge < -0.3 is 5.32 Å². The van der Waals surface area contributed by atoms with Gasteiger partial charge in [-0.15, -0.1) is 0 Å². The van der Waals surface area contributed by atoms with Crippen LogP contribution in [0.1, 0.15) is 31.2 Å². The molecule has 0 aromatic carbocycles. The van der Waals surface area contributed by atoms with Crippen LogP contribution >= 0.6 is 11.8 Å². The highest BCUT2D eigenvalue weighted by Crippen LogP contribution is 2.31. The van der Waals surface area contributed by atoms with E-state index in [4.69, 9.17) is 0 Å². The third-order valence-electron chi connectivity index (χ3n) is 3.06. The third-order valence-corrected chi connectivity index (χ3v) is 4.25. The predicted molar refractivity (Wildman–Crippen MR) is 67.7 cm³/mol. The summed E-state index contributed by atoms with van der Waals surface area (Å²) in [4.78, 5) is 8.71. The van der Waals surface area contributed by atoms with E-state index in [9.17, 15) is 0 Å². The van der Waals surface area contributed by atoms with Crippen LogP contribution in [0.4, 0.5) is 0 Å². The molecule has 0 bridgehead atoms. The Hall–Kier alpha value is -0.610. The summed E-state index contributed by atoms with van der Waals surface area (Å²) in [7, 11) is 2.06. The van der Waals surface area contributed by atoms with Crippen molar-refractivity contribution in [2.24, 2.45) is 0 Å². The van der Waals surface area contributed by atoms with E-state index in [2.05, 4.69) is 22.3 Å². The molecule has 0 spiro atoms. The fourth-order valence-corrected chi connectivity index (χ4v) is 3.24. The molecule has 1 heterocycles. The zero-order valence-corrected chi connectivity index (χ0v) is 10.8. The number of hydrogen-bond donors (Lipinski definition) is 1. The van der Waals surface area contributed by atoms with Gasteiger partial charge in [0.05, 0.1) is 0 Å². The number of aromatic nitrogens is 2. The van der Waals surface area contributed by atoms with Crippen LogP contribution in [0.25, 0.3) is 0 Å². The molecule has 1 N–H and O–H groups in total. The van der Waals surface area contributed by atoms with E-state index in [1.807, 2.05) is 31.1 Å². The zero-order valence-electron chi connectivity index (χ0n) is 9.94. The monoisotopic (exact) mass is 237 g/mol. The molecule has 1 aromatic heterocycles. The van der Waals surface area contributed by atoms with Crippen LogP contribution in [-0.2, 0) is 0 Å². The molecular formula is C12H19N3S. The number of nitrogens with one attached hydrogen (secondary N) is 1. The van der Waals surface area contributed by atoms with Crippen molar-refractivity contribution in [1.82, 2.24) is 15.3 Å². The standard InChI is InChI=1S/C12H19N3S/c1-9-7-14-12(15-8-9)16-11-5-3-4-10(6-11)13-2/h7-8,10-11,13H,3-6H2,1-2H3. The minimum absolute atomic E-state index is 0.675. The Labute approximate surface area is 101 Å². The number of thioether (sulfide) groups is 1. The smallest absolute Gasteiger partial charge is 0.187 e. The molecule has 2 atom stereocenters. The van der Waals surface area contributed by atoms with Crippen molar-refractivity contribution in [2.75, 3.05) is 7.05 Å². The molecule has 1 aromatic rings. The Balaban J connectivity index is 1.91. The lowest BCUT2D eigenvalue weighted by atomic mass is 9.95. The van der Waals surface area contributed by atoms with E-state index in [1.165, 1.54) is 25.7 Å². The van der Waals surface area contributed by atoms with E-state index in [-0.39, 0.29) is 0 Å². The van der Waals surface area contributed by atoms with Gasteiger partial charge in [-0.3, -0.25) is 0 Å². The summed E-state index contributed by atoms with van der Waals surface area (Å²) >= 11 is 1.83. The topological polar surface area (TPSA) is 37.8 Å². The van der Waals surface area contributed by atoms with Gasteiger partial charge in [-0.05, 0) is 38.8 Å². The highest BCUT2D eigenvalue weighted by atomic mass is 32.2. The van der Waals surface area contributed by atoms with Crippen molar-refractivity contribution in [3.8, 4) is 0 Å². The molecule has 0 amide bonds. The van der Waals surface area contributed by atoms with Gasteiger partial charge in [-0.1, -0.05) is 18.2 Å². The Kier molecular flexibility index (Phi) is 4.18. The molecule has 1 aliphatic rings. The molecule has 16 heavy (non-hydrogen) atoms. The normalized spacial score (nSPS) is 25.6. The van der Waals surface area contributed by atoms with Gasteiger partial charge in [0.15, 0.2) is 5.16 Å². The van der Waals surface area contributed by atoms with Crippen LogP contribution in [0.5, 0.6) is 0 Å². The van der Waals surface area contributed by atoms with E-state index in [0.29, 0.717) is 11.3 Å². The fourth-order valence-electron chi connectivity index (χ4n) is 2.10. The Morgan fingerprint density at radius 2 is 2.06 bits per heavy atom. The Bertz CT molecular complexity index is 326. The van der Waals surface area contributed by atoms with Gasteiger partial charge >= 0.3 is 0 Å². The second-order valence-electron chi connectivity index (χ2n) is 4.44. The summed E-state index contributed by atoms with van der Waals surface area (Å²) in [5.74, 6) is 0. The maximum atomic E-state index is 4.35. The minimum atomic E-state index is 0.675. The lowest BCUT2D eigenvalue weighted by Gasteiger charge is -2.27. The predicted octanol–water partition coefficient (Wildman–Crippen LogP) is 2.41. The van der Waals surface area contributed by atoms with Crippen LogP contribution in [0.15, 0.2) is 17.6 Å². The molecule has 3 nitrogen and oxygen atoms in total. The molecule has 0 radical (unpaired) electrons. The van der Waals surface area contributed by atoms with Crippen LogP contribution in [0.2, 0.25) is 0 Å². The highest BCUT2D eigenvalue weighted by molar-refractivity contribution is 7.99. The molecule has 4 heteroatoms. The largest absolute Gasteiger partial charge is 0.317 e. The van der Waals surface area contributed by atoms with Gasteiger partial charge in [0.2, 0.25) is 0 Å². The van der Waals surface area contributed by atoms with E-state index in [1.54, 1.807) is 0 Å². The first-order valence-electron chi connectivity index (χ1n) is 5.90. The summed E-state index contributed by atoms with van der Waals surface area (Å²) < 4.78 is 0. The first kappa shape index (κ1) is 11.9. The number of nitrogens with zero attached hydrogens (tertiary/aromatic N) is 2. The lowest BCUT2D eigenvalue weighted by Crippen LogP contribution is -2.32. The first-order chi connectivity index (χ1) is 7.78. The lowest BCUT2D eigenvalue weighted by molar-refractivity contribution is 0.402. The maximum Gasteiger partial charge on any atom is 0.187 e. The summed E-state index contributed by atoms with van der Waals surface area (Å²) in [6, 6.07) is 0.677. The number of aryl methyl sites for hydroxylation is 1. The zero-order chi connectivity index (χ0) is 11.4. The molecular weight excluding hydrogens is 218 g/mol. The SMILES string of the molecule is CNC1CCCC(Sc2ncc(C)cn2)C1. The second-order valence-corrected chi connectivity index (χ2v) is 5.70. The van der Waals surface area contributed by atoms with Crippen molar-refractivity contribution in [3.05, 3.63) is 18.0 Å². The molecule has 1 aliphatic carbocycles. The van der Waals surface area contributed by atoms with Gasteiger partial charge in [0.25, 0.3) is 0 Å². The molecule has 1 saturated carbocycles. The molecule has 0 saturated heterocycles. The fraction of sp³-hybridized carbons (Fsp3) is 0.667. The van der Waals surface area contributed by atoms with E-state index in [0.717, 1.165) is 10.7 Å². The Morgan fingerprint density at radius 3 is 2.75 bits per heavy atom. The quantitative estimate of drug-likeness (QED) is 0.819. The number of rotatable bonds is 3. The maximum absolute atomic E-state index is 4.35. The molecule has 0 aliphatic heterocycles. The van der Waals surface area contributed by atoms with Crippen molar-refractivity contribution in [3.63, 3.8) is 0 Å². The minimum Gasteiger partial charge on any atom is -0.317 e. The van der Waals surface area contributed by atoms with Gasteiger partial charge in [-0.25, -0.2) is 9.97 Å². The van der Waals surface area contributed by atoms with Crippen LogP contribution in [0, 0.1) is 6.92 Å². The summed E-state index contributed by atoms with van der Waals surface area (Å²) in [6.07, 6.45) is 8.94. The Morgan fingerprint density at radius 1 is 1.31 bits per heavy atom. The second kappa shape index (κ2) is 5.64. The van der Waals surface area contributed by atoms with E-state index < -0.39 is 0 Å². The van der Waals surface area contributed by atoms with Gasteiger partial charge in [0, 0.05) is 23.7 Å². The van der Waals surface area contributed by atoms with Gasteiger partial charge in [-0.2, -0.15) is 0 Å². The summed E-state index contributed by atoms with van der Waals surface area (Å²) in [6.45, 7) is 2.02. The molecule has 1 fully saturated rings. The molecule has 2 unspecified atom stereocenters. The third kappa shape index (κ3) is 3.19. The average molecular weight is 237 g/mol. The van der Waals surface area contributed by atoms with Crippen molar-refractivity contribution >= 4 is 11.8 Å². The van der Waals surface area contributed by atoms with Crippen LogP contribution < -0.4 is 5.32 Å². The van der Waals surface area contributed by atoms with Crippen LogP contribution in [0.3, 0.4) is 0 Å². The van der Waals surface area contributed by atoms with Crippen molar-refractivity contribution in [1.29, 1.82) is 0 Å². The highest BCUT2D eigenvalue weighted by Gasteiger charge is 2.22. The molecule has 2 rings (SSSR count). The van der Waals surface area contributed by atoms with Crippen LogP contribution in [-0.4, -0.2) is 28.3 Å². The summed E-state index contributed by atoms with van der Waals surface area (Å²) in [5.41, 5.74) is 1.13. The first-order valence-corrected chi connectivity index (χ1v) is 6.78. The number of hydrogen-bond acceptors (Lipinski definition) is 4.